The summed E-state index contributed by atoms with van der Waals surface area (Å²) in [5.74, 6) is -0.219. The van der Waals surface area contributed by atoms with Crippen LogP contribution < -0.4 is 15.5 Å². The summed E-state index contributed by atoms with van der Waals surface area (Å²) in [6.07, 6.45) is -10.9. The van der Waals surface area contributed by atoms with Crippen LogP contribution in [0.1, 0.15) is 30.6 Å². The lowest BCUT2D eigenvalue weighted by atomic mass is 10.0. The van der Waals surface area contributed by atoms with Gasteiger partial charge in [-0.2, -0.15) is 13.2 Å². The van der Waals surface area contributed by atoms with E-state index in [0.717, 1.165) is 12.4 Å². The zero-order valence-corrected chi connectivity index (χ0v) is 16.1. The highest BCUT2D eigenvalue weighted by molar-refractivity contribution is 5.88. The molecule has 2 aromatic heterocycles. The van der Waals surface area contributed by atoms with Gasteiger partial charge in [-0.3, -0.25) is 5.32 Å². The van der Waals surface area contributed by atoms with Crippen molar-refractivity contribution >= 4 is 17.7 Å². The Morgan fingerprint density at radius 3 is 2.71 bits per heavy atom. The van der Waals surface area contributed by atoms with Crippen LogP contribution in [0.2, 0.25) is 0 Å². The van der Waals surface area contributed by atoms with Gasteiger partial charge in [0.05, 0.1) is 11.3 Å². The number of anilines is 2. The van der Waals surface area contributed by atoms with E-state index in [0.29, 0.717) is 19.6 Å². The molecular weight excluding hydrogens is 427 g/mol. The van der Waals surface area contributed by atoms with Crippen LogP contribution >= 0.6 is 0 Å². The second-order valence-electron chi connectivity index (χ2n) is 7.18. The average molecular weight is 444 g/mol. The van der Waals surface area contributed by atoms with Crippen LogP contribution in [0, 0.1) is 0 Å². The molecule has 4 rings (SSSR count). The van der Waals surface area contributed by atoms with E-state index in [1.165, 1.54) is 6.07 Å². The van der Waals surface area contributed by atoms with E-state index >= 15 is 0 Å². The molecule has 1 saturated heterocycles. The first-order valence-corrected chi connectivity index (χ1v) is 9.31. The predicted octanol–water partition coefficient (Wildman–Crippen LogP) is 3.44. The minimum absolute atomic E-state index is 0.0687. The van der Waals surface area contributed by atoms with Crippen molar-refractivity contribution in [3.05, 3.63) is 29.6 Å². The summed E-state index contributed by atoms with van der Waals surface area (Å²) in [7, 11) is 0. The first-order valence-electron chi connectivity index (χ1n) is 9.31. The Morgan fingerprint density at radius 1 is 1.26 bits per heavy atom. The van der Waals surface area contributed by atoms with E-state index < -0.39 is 41.7 Å². The number of aromatic nitrogens is 3. The third-order valence-electron chi connectivity index (χ3n) is 4.91. The smallest absolute Gasteiger partial charge is 0.430 e. The highest BCUT2D eigenvalue weighted by Gasteiger charge is 2.49. The van der Waals surface area contributed by atoms with Crippen molar-refractivity contribution in [3.8, 4) is 11.4 Å². The van der Waals surface area contributed by atoms with Gasteiger partial charge in [0, 0.05) is 31.2 Å². The zero-order chi connectivity index (χ0) is 22.3. The summed E-state index contributed by atoms with van der Waals surface area (Å²) in [6, 6.07) is 2.25. The van der Waals surface area contributed by atoms with Gasteiger partial charge in [0.15, 0.2) is 0 Å². The number of rotatable bonds is 3. The van der Waals surface area contributed by atoms with Gasteiger partial charge in [0.1, 0.15) is 23.7 Å². The topological polar surface area (TPSA) is 92.3 Å². The maximum absolute atomic E-state index is 13.6. The highest BCUT2D eigenvalue weighted by atomic mass is 19.4. The van der Waals surface area contributed by atoms with E-state index in [1.54, 1.807) is 4.90 Å². The van der Waals surface area contributed by atoms with E-state index in [4.69, 9.17) is 0 Å². The van der Waals surface area contributed by atoms with Crippen LogP contribution in [-0.4, -0.2) is 52.9 Å². The van der Waals surface area contributed by atoms with Gasteiger partial charge in [0.25, 0.3) is 6.43 Å². The summed E-state index contributed by atoms with van der Waals surface area (Å²) in [6.45, 7) is 3.47. The largest absolute Gasteiger partial charge is 0.431 e. The lowest BCUT2D eigenvalue weighted by molar-refractivity contribution is -0.206. The van der Waals surface area contributed by atoms with Gasteiger partial charge >= 0.3 is 12.3 Å². The van der Waals surface area contributed by atoms with Crippen molar-refractivity contribution in [2.75, 3.05) is 29.9 Å². The number of hydrogen-bond donors (Lipinski definition) is 2. The van der Waals surface area contributed by atoms with Gasteiger partial charge in [-0.1, -0.05) is 0 Å². The molecule has 166 valence electrons. The van der Waals surface area contributed by atoms with E-state index in [-0.39, 0.29) is 23.2 Å². The van der Waals surface area contributed by atoms with Gasteiger partial charge in [-0.05, 0) is 19.1 Å². The fourth-order valence-electron chi connectivity index (χ4n) is 3.56. The molecule has 2 aliphatic heterocycles. The van der Waals surface area contributed by atoms with Crippen LogP contribution in [0.3, 0.4) is 0 Å². The Bertz CT molecular complexity index is 1000. The summed E-state index contributed by atoms with van der Waals surface area (Å²) in [5.41, 5.74) is -1.55. The molecule has 1 amide bonds. The molecule has 8 nitrogen and oxygen atoms in total. The molecule has 2 aliphatic rings. The minimum atomic E-state index is -4.97. The molecule has 4 heterocycles. The van der Waals surface area contributed by atoms with Gasteiger partial charge in [-0.15, -0.1) is 0 Å². The number of alkyl halides is 5. The van der Waals surface area contributed by atoms with Crippen LogP contribution in [-0.2, 0) is 4.74 Å². The second kappa shape index (κ2) is 7.87. The Morgan fingerprint density at radius 2 is 2.03 bits per heavy atom. The molecule has 1 fully saturated rings. The molecule has 0 saturated carbocycles. The summed E-state index contributed by atoms with van der Waals surface area (Å²) in [5, 5.41) is 5.30. The number of piperazine rings is 1. The van der Waals surface area contributed by atoms with E-state index in [9.17, 15) is 26.7 Å². The van der Waals surface area contributed by atoms with Crippen LogP contribution in [0.4, 0.5) is 38.4 Å². The number of hydrogen-bond acceptors (Lipinski definition) is 7. The van der Waals surface area contributed by atoms with Gasteiger partial charge in [0.2, 0.25) is 6.10 Å². The Balaban J connectivity index is 1.87. The fourth-order valence-corrected chi connectivity index (χ4v) is 3.56. The number of amides is 1. The molecule has 0 unspecified atom stereocenters. The molecule has 13 heteroatoms. The molecule has 0 radical (unpaired) electrons. The number of nitrogens with zero attached hydrogens (tertiary/aromatic N) is 4. The number of fused-ring (bicyclic) bond motifs is 1. The molecule has 2 N–H and O–H groups in total. The first kappa shape index (κ1) is 21.2. The minimum Gasteiger partial charge on any atom is -0.431 e. The van der Waals surface area contributed by atoms with Crippen molar-refractivity contribution in [2.24, 2.45) is 0 Å². The summed E-state index contributed by atoms with van der Waals surface area (Å²) in [4.78, 5) is 25.2. The van der Waals surface area contributed by atoms with Crippen molar-refractivity contribution in [2.45, 2.75) is 31.7 Å². The standard InChI is InChI=1S/C18H17F5N6O2/c1-8-6-29(3-2-24-8)11-5-9(15(19)20)4-10(27-11)13-12-14(18(21,22)23)31-17(30)28-16(12)26-7-25-13/h4-5,7-8,14-15,24H,2-3,6H2,1H3,(H,25,26,28,30)/t8-,14+/m0/s1. The van der Waals surface area contributed by atoms with Crippen molar-refractivity contribution in [1.82, 2.24) is 20.3 Å². The van der Waals surface area contributed by atoms with Gasteiger partial charge < -0.3 is 15.0 Å². The zero-order valence-electron chi connectivity index (χ0n) is 16.1. The summed E-state index contributed by atoms with van der Waals surface area (Å²) >= 11 is 0. The summed E-state index contributed by atoms with van der Waals surface area (Å²) < 4.78 is 72.4. The Kier molecular flexibility index (Phi) is 5.37. The predicted molar refractivity (Wildman–Crippen MR) is 98.8 cm³/mol. The lowest BCUT2D eigenvalue weighted by Gasteiger charge is -2.33. The third-order valence-corrected chi connectivity index (χ3v) is 4.91. The molecule has 31 heavy (non-hydrogen) atoms. The highest BCUT2D eigenvalue weighted by Crippen LogP contribution is 2.45. The molecule has 2 atom stereocenters. The van der Waals surface area contributed by atoms with Crippen molar-refractivity contribution in [1.29, 1.82) is 0 Å². The average Bonchev–Trinajstić information content (AvgIpc) is 2.71. The monoisotopic (exact) mass is 444 g/mol. The number of ether oxygens (including phenoxy) is 1. The normalized spacial score (nSPS) is 21.5. The van der Waals surface area contributed by atoms with Crippen molar-refractivity contribution in [3.63, 3.8) is 0 Å². The lowest BCUT2D eigenvalue weighted by Crippen LogP contribution is -2.49. The molecular formula is C18H17F5N6O2. The Labute approximate surface area is 172 Å². The second-order valence-corrected chi connectivity index (χ2v) is 7.18. The van der Waals surface area contributed by atoms with E-state index in [2.05, 4.69) is 30.3 Å². The van der Waals surface area contributed by atoms with E-state index in [1.807, 2.05) is 6.92 Å². The third kappa shape index (κ3) is 4.22. The number of halogens is 5. The van der Waals surface area contributed by atoms with Crippen LogP contribution in [0.5, 0.6) is 0 Å². The number of carbonyl (C=O) groups excluding carboxylic acids is 1. The quantitative estimate of drug-likeness (QED) is 0.701. The van der Waals surface area contributed by atoms with Crippen molar-refractivity contribution < 1.29 is 31.5 Å². The SMILES string of the molecule is C[C@H]1CN(c2cc(C(F)F)cc(-c3ncnc4c3[C@H](C(F)(F)F)OC(=O)N4)n2)CCN1. The number of carbonyl (C=O) groups is 1. The van der Waals surface area contributed by atoms with Crippen LogP contribution in [0.25, 0.3) is 11.4 Å². The number of nitrogens with one attached hydrogen (secondary N) is 2. The molecule has 0 spiro atoms. The Hall–Kier alpha value is -3.09. The molecule has 0 bridgehead atoms. The molecule has 2 aromatic rings. The number of cyclic esters (lactones) is 1. The number of pyridine rings is 1. The molecule has 0 aliphatic carbocycles. The maximum Gasteiger partial charge on any atom is 0.430 e. The first-order chi connectivity index (χ1) is 14.6. The fraction of sp³-hybridized carbons (Fsp3) is 0.444. The maximum atomic E-state index is 13.6. The molecule has 0 aromatic carbocycles. The van der Waals surface area contributed by atoms with Gasteiger partial charge in [-0.25, -0.2) is 28.5 Å². The van der Waals surface area contributed by atoms with Crippen LogP contribution in [0.15, 0.2) is 18.5 Å².